The molecule has 9 heteroatoms. The number of aliphatic hydroxyl groups is 1. The van der Waals surface area contributed by atoms with Crippen LogP contribution in [0.2, 0.25) is 0 Å². The third kappa shape index (κ3) is 7.04. The summed E-state index contributed by atoms with van der Waals surface area (Å²) in [5.41, 5.74) is 1.21. The lowest BCUT2D eigenvalue weighted by molar-refractivity contribution is -0.139. The van der Waals surface area contributed by atoms with E-state index in [1.807, 2.05) is 6.92 Å². The molecule has 2 atom stereocenters. The fourth-order valence-corrected chi connectivity index (χ4v) is 4.95. The monoisotopic (exact) mass is 492 g/mol. The van der Waals surface area contributed by atoms with E-state index in [-0.39, 0.29) is 47.2 Å². The van der Waals surface area contributed by atoms with E-state index in [2.05, 4.69) is 0 Å². The van der Waals surface area contributed by atoms with Crippen molar-refractivity contribution in [3.8, 4) is 11.5 Å². The fourth-order valence-electron chi connectivity index (χ4n) is 3.67. The second-order valence-corrected chi connectivity index (χ2v) is 10.5. The number of carboxylic acids is 1. The summed E-state index contributed by atoms with van der Waals surface area (Å²) in [7, 11) is -3.59. The molecule has 0 heterocycles. The summed E-state index contributed by atoms with van der Waals surface area (Å²) in [4.78, 5) is 22.6. The zero-order valence-corrected chi connectivity index (χ0v) is 20.5. The number of carbonyl (C=O) groups excluding carboxylic acids is 1. The summed E-state index contributed by atoms with van der Waals surface area (Å²) in [6, 6.07) is 8.90. The summed E-state index contributed by atoms with van der Waals surface area (Å²) in [5, 5.41) is 29.5. The van der Waals surface area contributed by atoms with Crippen LogP contribution < -0.4 is 4.74 Å². The van der Waals surface area contributed by atoms with Crippen LogP contribution in [0.1, 0.15) is 67.6 Å². The maximum atomic E-state index is 12.7. The summed E-state index contributed by atoms with van der Waals surface area (Å²) in [6.07, 6.45) is 0.257. The number of phenolic OH excluding ortho intramolecular Hbond substituents is 1. The molecule has 2 aromatic rings. The molecule has 2 aromatic carbocycles. The zero-order chi connectivity index (χ0) is 25.5. The summed E-state index contributed by atoms with van der Waals surface area (Å²) >= 11 is 0. The fraction of sp³-hybridized carbons (Fsp3) is 0.440. The topological polar surface area (TPSA) is 138 Å². The zero-order valence-electron chi connectivity index (χ0n) is 19.7. The number of sulfone groups is 1. The quantitative estimate of drug-likeness (QED) is 0.282. The van der Waals surface area contributed by atoms with Gasteiger partial charge in [0, 0.05) is 5.56 Å². The summed E-state index contributed by atoms with van der Waals surface area (Å²) < 4.78 is 31.1. The molecule has 186 valence electrons. The molecule has 8 nitrogen and oxygen atoms in total. The number of ether oxygens (including phenoxy) is 1. The third-order valence-corrected chi connectivity index (χ3v) is 7.37. The number of rotatable bonds is 13. The largest absolute Gasteiger partial charge is 0.507 e. The van der Waals surface area contributed by atoms with Crippen LogP contribution in [-0.2, 0) is 21.1 Å². The van der Waals surface area contributed by atoms with Gasteiger partial charge in [0.05, 0.1) is 35.3 Å². The van der Waals surface area contributed by atoms with Crippen LogP contribution in [0.3, 0.4) is 0 Å². The Kier molecular flexibility index (Phi) is 9.64. The highest BCUT2D eigenvalue weighted by molar-refractivity contribution is 7.91. The lowest BCUT2D eigenvalue weighted by Crippen LogP contribution is -2.14. The molecular formula is C25H32O8S. The molecule has 0 aliphatic heterocycles. The minimum atomic E-state index is -3.59. The Balaban J connectivity index is 2.00. The van der Waals surface area contributed by atoms with Gasteiger partial charge >= 0.3 is 5.97 Å². The molecule has 0 aliphatic rings. The number of benzene rings is 2. The molecule has 0 spiro atoms. The Morgan fingerprint density at radius 3 is 2.29 bits per heavy atom. The highest BCUT2D eigenvalue weighted by Gasteiger charge is 2.21. The van der Waals surface area contributed by atoms with Gasteiger partial charge in [0.1, 0.15) is 11.5 Å². The molecule has 0 fully saturated rings. The molecule has 3 N–H and O–H groups in total. The van der Waals surface area contributed by atoms with Crippen molar-refractivity contribution >= 4 is 21.6 Å². The minimum absolute atomic E-state index is 0.0978. The van der Waals surface area contributed by atoms with Gasteiger partial charge in [-0.15, -0.1) is 0 Å². The molecule has 0 bridgehead atoms. The van der Waals surface area contributed by atoms with Crippen molar-refractivity contribution in [3.63, 3.8) is 0 Å². The van der Waals surface area contributed by atoms with Gasteiger partial charge in [-0.25, -0.2) is 8.42 Å². The summed E-state index contributed by atoms with van der Waals surface area (Å²) in [5.74, 6) is -1.61. The molecular weight excluding hydrogens is 460 g/mol. The number of ketones is 1. The van der Waals surface area contributed by atoms with Crippen LogP contribution in [0, 0.1) is 5.92 Å². The highest BCUT2D eigenvalue weighted by atomic mass is 32.2. The standard InChI is InChI=1S/C25H32O8S/c1-4-6-21-22(12-11-20(17(3)26)25(21)30)33-13-5-14-34(31,32)19-9-7-18(8-10-19)24(29)16(2)15-23(27)28/h7-12,16,24,29-30H,4-6,13-15H2,1-3H3,(H,27,28)/t16-,24+/m0/s1. The van der Waals surface area contributed by atoms with Gasteiger partial charge in [-0.1, -0.05) is 32.4 Å². The molecule has 0 saturated carbocycles. The average molecular weight is 493 g/mol. The normalized spacial score (nSPS) is 13.3. The first-order valence-corrected chi connectivity index (χ1v) is 12.8. The van der Waals surface area contributed by atoms with Crippen molar-refractivity contribution in [2.24, 2.45) is 5.92 Å². The van der Waals surface area contributed by atoms with E-state index in [1.165, 1.54) is 37.3 Å². The maximum Gasteiger partial charge on any atom is 0.303 e. The Hall–Kier alpha value is -2.91. The molecule has 0 aromatic heterocycles. The second kappa shape index (κ2) is 12.0. The van der Waals surface area contributed by atoms with Gasteiger partial charge in [0.2, 0.25) is 0 Å². The number of Topliss-reactive ketones (excluding diaryl/α,β-unsaturated/α-hetero) is 1. The number of carboxylic acid groups (broad SMARTS) is 1. The van der Waals surface area contributed by atoms with Crippen LogP contribution in [0.15, 0.2) is 41.3 Å². The molecule has 0 radical (unpaired) electrons. The van der Waals surface area contributed by atoms with Gasteiger partial charge in [-0.3, -0.25) is 9.59 Å². The second-order valence-electron chi connectivity index (χ2n) is 8.35. The predicted octanol–water partition coefficient (Wildman–Crippen LogP) is 3.93. The van der Waals surface area contributed by atoms with E-state index in [0.29, 0.717) is 23.3 Å². The Morgan fingerprint density at radius 2 is 1.74 bits per heavy atom. The smallest absolute Gasteiger partial charge is 0.303 e. The van der Waals surface area contributed by atoms with E-state index in [0.717, 1.165) is 6.42 Å². The van der Waals surface area contributed by atoms with Crippen molar-refractivity contribution in [2.75, 3.05) is 12.4 Å². The first-order chi connectivity index (χ1) is 16.0. The molecule has 0 aliphatic carbocycles. The van der Waals surface area contributed by atoms with Crippen molar-refractivity contribution < 1.29 is 38.1 Å². The average Bonchev–Trinajstić information content (AvgIpc) is 2.77. The van der Waals surface area contributed by atoms with Crippen LogP contribution in [-0.4, -0.2) is 47.8 Å². The number of phenols is 1. The number of hydrogen-bond acceptors (Lipinski definition) is 7. The van der Waals surface area contributed by atoms with Crippen LogP contribution in [0.25, 0.3) is 0 Å². The van der Waals surface area contributed by atoms with E-state index < -0.39 is 27.8 Å². The lowest BCUT2D eigenvalue weighted by Gasteiger charge is -2.17. The molecule has 2 rings (SSSR count). The van der Waals surface area contributed by atoms with Crippen molar-refractivity contribution in [2.45, 2.75) is 57.5 Å². The lowest BCUT2D eigenvalue weighted by atomic mass is 9.95. The van der Waals surface area contributed by atoms with Gasteiger partial charge in [0.15, 0.2) is 15.6 Å². The number of aliphatic carboxylic acids is 1. The van der Waals surface area contributed by atoms with Gasteiger partial charge in [-0.05, 0) is 55.5 Å². The third-order valence-electron chi connectivity index (χ3n) is 5.55. The minimum Gasteiger partial charge on any atom is -0.507 e. The first kappa shape index (κ1) is 27.3. The van der Waals surface area contributed by atoms with E-state index in [1.54, 1.807) is 13.0 Å². The molecule has 0 unspecified atom stereocenters. The van der Waals surface area contributed by atoms with Crippen LogP contribution in [0.5, 0.6) is 11.5 Å². The van der Waals surface area contributed by atoms with E-state index >= 15 is 0 Å². The number of aliphatic hydroxyl groups excluding tert-OH is 1. The van der Waals surface area contributed by atoms with Gasteiger partial charge in [-0.2, -0.15) is 0 Å². The van der Waals surface area contributed by atoms with Crippen molar-refractivity contribution in [1.82, 2.24) is 0 Å². The molecule has 34 heavy (non-hydrogen) atoms. The Morgan fingerprint density at radius 1 is 1.09 bits per heavy atom. The SMILES string of the molecule is CCCc1c(OCCCS(=O)(=O)c2ccc([C@H](O)[C@@H](C)CC(=O)O)cc2)ccc(C(C)=O)c1O. The highest BCUT2D eigenvalue weighted by Crippen LogP contribution is 2.33. The Labute approximate surface area is 200 Å². The van der Waals surface area contributed by atoms with Crippen molar-refractivity contribution in [3.05, 3.63) is 53.1 Å². The number of carbonyl (C=O) groups is 2. The van der Waals surface area contributed by atoms with Gasteiger partial charge < -0.3 is 20.1 Å². The van der Waals surface area contributed by atoms with E-state index in [4.69, 9.17) is 9.84 Å². The predicted molar refractivity (Wildman–Crippen MR) is 127 cm³/mol. The van der Waals surface area contributed by atoms with Crippen molar-refractivity contribution in [1.29, 1.82) is 0 Å². The molecule has 0 amide bonds. The number of aromatic hydroxyl groups is 1. The van der Waals surface area contributed by atoms with Gasteiger partial charge in [0.25, 0.3) is 0 Å². The first-order valence-electron chi connectivity index (χ1n) is 11.2. The maximum absolute atomic E-state index is 12.7. The van der Waals surface area contributed by atoms with Crippen LogP contribution >= 0.6 is 0 Å². The summed E-state index contributed by atoms with van der Waals surface area (Å²) in [6.45, 7) is 5.04. The van der Waals surface area contributed by atoms with Crippen LogP contribution in [0.4, 0.5) is 0 Å². The number of hydrogen-bond donors (Lipinski definition) is 3. The van der Waals surface area contributed by atoms with E-state index in [9.17, 15) is 28.2 Å². The Bertz CT molecular complexity index is 1110. The molecule has 0 saturated heterocycles.